The Kier molecular flexibility index (Phi) is 4.12. The maximum Gasteiger partial charge on any atom is 0.222 e. The maximum absolute atomic E-state index is 11.7. The summed E-state index contributed by atoms with van der Waals surface area (Å²) in [7, 11) is 0. The van der Waals surface area contributed by atoms with Crippen LogP contribution in [0, 0.1) is 5.92 Å². The SMILES string of the molecule is CC(C)C(=O)NC1CCCN(c2cnccn2)C1. The lowest BCUT2D eigenvalue weighted by atomic mass is 10.0. The van der Waals surface area contributed by atoms with E-state index in [1.54, 1.807) is 18.6 Å². The molecule has 1 aliphatic heterocycles. The number of aromatic nitrogens is 2. The molecule has 18 heavy (non-hydrogen) atoms. The highest BCUT2D eigenvalue weighted by atomic mass is 16.1. The average Bonchev–Trinajstić information content (AvgIpc) is 2.40. The van der Waals surface area contributed by atoms with Crippen molar-refractivity contribution in [2.45, 2.75) is 32.7 Å². The number of hydrogen-bond acceptors (Lipinski definition) is 4. The normalized spacial score (nSPS) is 19.9. The Morgan fingerprint density at radius 2 is 2.33 bits per heavy atom. The molecule has 1 aromatic heterocycles. The highest BCUT2D eigenvalue weighted by Crippen LogP contribution is 2.16. The summed E-state index contributed by atoms with van der Waals surface area (Å²) >= 11 is 0. The van der Waals surface area contributed by atoms with Crippen LogP contribution in [0.1, 0.15) is 26.7 Å². The molecular formula is C13H20N4O. The molecule has 0 saturated carbocycles. The van der Waals surface area contributed by atoms with E-state index >= 15 is 0 Å². The lowest BCUT2D eigenvalue weighted by Crippen LogP contribution is -2.49. The number of nitrogens with one attached hydrogen (secondary N) is 1. The number of rotatable bonds is 3. The third-order valence-electron chi connectivity index (χ3n) is 3.17. The fraction of sp³-hybridized carbons (Fsp3) is 0.615. The zero-order valence-corrected chi connectivity index (χ0v) is 11.0. The molecule has 0 bridgehead atoms. The highest BCUT2D eigenvalue weighted by Gasteiger charge is 2.22. The van der Waals surface area contributed by atoms with E-state index in [-0.39, 0.29) is 17.9 Å². The summed E-state index contributed by atoms with van der Waals surface area (Å²) < 4.78 is 0. The van der Waals surface area contributed by atoms with Gasteiger partial charge < -0.3 is 10.2 Å². The highest BCUT2D eigenvalue weighted by molar-refractivity contribution is 5.78. The van der Waals surface area contributed by atoms with Gasteiger partial charge in [0.15, 0.2) is 0 Å². The van der Waals surface area contributed by atoms with Crippen molar-refractivity contribution in [2.75, 3.05) is 18.0 Å². The van der Waals surface area contributed by atoms with Gasteiger partial charge in [0.1, 0.15) is 5.82 Å². The minimum Gasteiger partial charge on any atom is -0.353 e. The van der Waals surface area contributed by atoms with E-state index < -0.39 is 0 Å². The number of amides is 1. The van der Waals surface area contributed by atoms with Gasteiger partial charge in [0, 0.05) is 37.4 Å². The molecule has 0 aliphatic carbocycles. The first-order valence-electron chi connectivity index (χ1n) is 6.48. The van der Waals surface area contributed by atoms with Crippen molar-refractivity contribution < 1.29 is 4.79 Å². The van der Waals surface area contributed by atoms with Gasteiger partial charge in [-0.05, 0) is 12.8 Å². The smallest absolute Gasteiger partial charge is 0.222 e. The van der Waals surface area contributed by atoms with Crippen molar-refractivity contribution >= 4 is 11.7 Å². The summed E-state index contributed by atoms with van der Waals surface area (Å²) in [6, 6.07) is 0.218. The van der Waals surface area contributed by atoms with Gasteiger partial charge in [-0.3, -0.25) is 9.78 Å². The number of piperidine rings is 1. The number of hydrogen-bond donors (Lipinski definition) is 1. The first kappa shape index (κ1) is 12.8. The molecule has 0 spiro atoms. The maximum atomic E-state index is 11.7. The summed E-state index contributed by atoms with van der Waals surface area (Å²) in [5.41, 5.74) is 0. The Morgan fingerprint density at radius 3 is 3.00 bits per heavy atom. The Labute approximate surface area is 108 Å². The van der Waals surface area contributed by atoms with Gasteiger partial charge >= 0.3 is 0 Å². The molecular weight excluding hydrogens is 228 g/mol. The molecule has 1 atom stereocenters. The second-order valence-corrected chi connectivity index (χ2v) is 5.01. The van der Waals surface area contributed by atoms with E-state index in [0.717, 1.165) is 31.7 Å². The molecule has 1 aliphatic rings. The Bertz CT molecular complexity index is 393. The van der Waals surface area contributed by atoms with Gasteiger partial charge in [-0.25, -0.2) is 4.98 Å². The average molecular weight is 248 g/mol. The number of carbonyl (C=O) groups is 1. The molecule has 1 saturated heterocycles. The molecule has 2 rings (SSSR count). The van der Waals surface area contributed by atoms with Crippen LogP contribution in [0.15, 0.2) is 18.6 Å². The molecule has 0 radical (unpaired) electrons. The quantitative estimate of drug-likeness (QED) is 0.873. The van der Waals surface area contributed by atoms with Crippen LogP contribution in [0.5, 0.6) is 0 Å². The molecule has 98 valence electrons. The van der Waals surface area contributed by atoms with E-state index in [1.807, 2.05) is 13.8 Å². The zero-order chi connectivity index (χ0) is 13.0. The van der Waals surface area contributed by atoms with Crippen LogP contribution in [-0.4, -0.2) is 35.0 Å². The van der Waals surface area contributed by atoms with Crippen LogP contribution < -0.4 is 10.2 Å². The largest absolute Gasteiger partial charge is 0.353 e. The number of carbonyl (C=O) groups excluding carboxylic acids is 1. The van der Waals surface area contributed by atoms with E-state index in [0.29, 0.717) is 0 Å². The number of anilines is 1. The molecule has 1 amide bonds. The summed E-state index contributed by atoms with van der Waals surface area (Å²) in [5.74, 6) is 1.05. The fourth-order valence-electron chi connectivity index (χ4n) is 2.13. The van der Waals surface area contributed by atoms with Crippen molar-refractivity contribution in [2.24, 2.45) is 5.92 Å². The van der Waals surface area contributed by atoms with Gasteiger partial charge in [0.2, 0.25) is 5.91 Å². The van der Waals surface area contributed by atoms with Gasteiger partial charge in [-0.15, -0.1) is 0 Å². The first-order valence-corrected chi connectivity index (χ1v) is 6.48. The third kappa shape index (κ3) is 3.18. The minimum absolute atomic E-state index is 0.0388. The number of nitrogens with zero attached hydrogens (tertiary/aromatic N) is 3. The van der Waals surface area contributed by atoms with Crippen LogP contribution >= 0.6 is 0 Å². The predicted octanol–water partition coefficient (Wildman–Crippen LogP) is 1.22. The molecule has 5 heteroatoms. The van der Waals surface area contributed by atoms with E-state index in [4.69, 9.17) is 0 Å². The van der Waals surface area contributed by atoms with Crippen LogP contribution in [0.4, 0.5) is 5.82 Å². The van der Waals surface area contributed by atoms with Crippen LogP contribution in [0.3, 0.4) is 0 Å². The van der Waals surface area contributed by atoms with Crippen molar-refractivity contribution in [3.8, 4) is 0 Å². The summed E-state index contributed by atoms with van der Waals surface area (Å²) in [6.45, 7) is 5.63. The Balaban J connectivity index is 1.95. The Hall–Kier alpha value is -1.65. The van der Waals surface area contributed by atoms with Crippen LogP contribution in [-0.2, 0) is 4.79 Å². The van der Waals surface area contributed by atoms with Crippen LogP contribution in [0.2, 0.25) is 0 Å². The van der Waals surface area contributed by atoms with E-state index in [9.17, 15) is 4.79 Å². The molecule has 1 N–H and O–H groups in total. The van der Waals surface area contributed by atoms with Crippen molar-refractivity contribution in [3.05, 3.63) is 18.6 Å². The predicted molar refractivity (Wildman–Crippen MR) is 70.2 cm³/mol. The second-order valence-electron chi connectivity index (χ2n) is 5.01. The van der Waals surface area contributed by atoms with Crippen molar-refractivity contribution in [1.29, 1.82) is 0 Å². The van der Waals surface area contributed by atoms with Crippen molar-refractivity contribution in [3.63, 3.8) is 0 Å². The van der Waals surface area contributed by atoms with Gasteiger partial charge in [-0.2, -0.15) is 0 Å². The molecule has 2 heterocycles. The van der Waals surface area contributed by atoms with Gasteiger partial charge in [0.05, 0.1) is 6.20 Å². The topological polar surface area (TPSA) is 58.1 Å². The fourth-order valence-corrected chi connectivity index (χ4v) is 2.13. The molecule has 1 fully saturated rings. The summed E-state index contributed by atoms with van der Waals surface area (Å²) in [6.07, 6.45) is 7.25. The molecule has 0 aromatic carbocycles. The minimum atomic E-state index is 0.0388. The third-order valence-corrected chi connectivity index (χ3v) is 3.17. The van der Waals surface area contributed by atoms with E-state index in [1.165, 1.54) is 0 Å². The monoisotopic (exact) mass is 248 g/mol. The Morgan fingerprint density at radius 1 is 1.50 bits per heavy atom. The molecule has 5 nitrogen and oxygen atoms in total. The standard InChI is InChI=1S/C13H20N4O/c1-10(2)13(18)16-11-4-3-7-17(9-11)12-8-14-5-6-15-12/h5-6,8,10-11H,3-4,7,9H2,1-2H3,(H,16,18). The van der Waals surface area contributed by atoms with E-state index in [2.05, 4.69) is 20.2 Å². The molecule has 1 unspecified atom stereocenters. The lowest BCUT2D eigenvalue weighted by Gasteiger charge is -2.34. The zero-order valence-electron chi connectivity index (χ0n) is 11.0. The first-order chi connectivity index (χ1) is 8.66. The van der Waals surface area contributed by atoms with Crippen molar-refractivity contribution in [1.82, 2.24) is 15.3 Å². The second kappa shape index (κ2) is 5.80. The summed E-state index contributed by atoms with van der Waals surface area (Å²) in [5, 5.41) is 3.09. The molecule has 1 aromatic rings. The van der Waals surface area contributed by atoms with Gasteiger partial charge in [0.25, 0.3) is 0 Å². The van der Waals surface area contributed by atoms with Crippen LogP contribution in [0.25, 0.3) is 0 Å². The lowest BCUT2D eigenvalue weighted by molar-refractivity contribution is -0.124. The van der Waals surface area contributed by atoms with Gasteiger partial charge in [-0.1, -0.05) is 13.8 Å². The summed E-state index contributed by atoms with van der Waals surface area (Å²) in [4.78, 5) is 22.3.